The van der Waals surface area contributed by atoms with E-state index >= 15 is 0 Å². The van der Waals surface area contributed by atoms with E-state index in [-0.39, 0.29) is 0 Å². The first-order valence-corrected chi connectivity index (χ1v) is 5.58. The molecule has 0 atom stereocenters. The molecule has 0 unspecified atom stereocenters. The lowest BCUT2D eigenvalue weighted by Gasteiger charge is -2.14. The number of methoxy groups -OCH3 is 1. The molecule has 2 rings (SSSR count). The van der Waals surface area contributed by atoms with E-state index in [1.165, 1.54) is 0 Å². The van der Waals surface area contributed by atoms with Crippen LogP contribution in [-0.4, -0.2) is 12.1 Å². The molecular formula is C12H14ClN3O. The number of rotatable bonds is 2. The zero-order valence-corrected chi connectivity index (χ0v) is 10.7. The van der Waals surface area contributed by atoms with Gasteiger partial charge in [-0.1, -0.05) is 11.6 Å². The molecule has 17 heavy (non-hydrogen) atoms. The summed E-state index contributed by atoms with van der Waals surface area (Å²) in [6.45, 7) is 3.88. The van der Waals surface area contributed by atoms with Gasteiger partial charge in [-0.2, -0.15) is 0 Å². The molecule has 0 saturated heterocycles. The molecule has 1 aromatic heterocycles. The topological polar surface area (TPSA) is 60.2 Å². The minimum absolute atomic E-state index is 0.601. The highest BCUT2D eigenvalue weighted by molar-refractivity contribution is 6.36. The molecule has 3 N–H and O–H groups in total. The van der Waals surface area contributed by atoms with E-state index < -0.39 is 0 Å². The number of benzene rings is 1. The highest BCUT2D eigenvalue weighted by Gasteiger charge is 2.14. The predicted molar refractivity (Wildman–Crippen MR) is 70.6 cm³/mol. The van der Waals surface area contributed by atoms with Crippen LogP contribution in [0.15, 0.2) is 12.1 Å². The van der Waals surface area contributed by atoms with Crippen LogP contribution in [0.3, 0.4) is 0 Å². The minimum atomic E-state index is 0.601. The molecule has 1 aromatic carbocycles. The lowest BCUT2D eigenvalue weighted by atomic mass is 10.1. The maximum atomic E-state index is 6.20. The van der Waals surface area contributed by atoms with Crippen molar-refractivity contribution in [2.45, 2.75) is 13.8 Å². The van der Waals surface area contributed by atoms with Crippen LogP contribution in [0.5, 0.6) is 5.75 Å². The second-order valence-corrected chi connectivity index (χ2v) is 4.22. The molecule has 90 valence electrons. The first-order valence-electron chi connectivity index (χ1n) is 5.20. The summed E-state index contributed by atoms with van der Waals surface area (Å²) in [7, 11) is 1.61. The van der Waals surface area contributed by atoms with Gasteiger partial charge >= 0.3 is 0 Å². The molecule has 0 amide bonds. The molecule has 0 aliphatic heterocycles. The van der Waals surface area contributed by atoms with Crippen molar-refractivity contribution in [2.75, 3.05) is 12.5 Å². The summed E-state index contributed by atoms with van der Waals surface area (Å²) in [5.74, 6) is 6.25. The highest BCUT2D eigenvalue weighted by atomic mass is 35.5. The number of hydrogen-bond acceptors (Lipinski definition) is 4. The number of nitrogens with two attached hydrogens (primary N) is 1. The number of fused-ring (bicyclic) bond motifs is 1. The number of aryl methyl sites for hydroxylation is 1. The Labute approximate surface area is 105 Å². The normalized spacial score (nSPS) is 10.6. The van der Waals surface area contributed by atoms with Gasteiger partial charge in [0.2, 0.25) is 0 Å². The van der Waals surface area contributed by atoms with Crippen molar-refractivity contribution in [2.24, 2.45) is 5.84 Å². The zero-order chi connectivity index (χ0) is 12.6. The van der Waals surface area contributed by atoms with Crippen molar-refractivity contribution < 1.29 is 4.74 Å². The second kappa shape index (κ2) is 4.39. The molecular weight excluding hydrogens is 238 g/mol. The Balaban J connectivity index is 2.98. The molecule has 2 aromatic rings. The Morgan fingerprint density at radius 1 is 1.35 bits per heavy atom. The fourth-order valence-electron chi connectivity index (χ4n) is 1.86. The fraction of sp³-hybridized carbons (Fsp3) is 0.250. The van der Waals surface area contributed by atoms with Gasteiger partial charge in [0.25, 0.3) is 0 Å². The number of pyridine rings is 1. The van der Waals surface area contributed by atoms with Gasteiger partial charge in [0.15, 0.2) is 0 Å². The van der Waals surface area contributed by atoms with Gasteiger partial charge in [-0.25, -0.2) is 4.98 Å². The van der Waals surface area contributed by atoms with E-state index in [0.717, 1.165) is 27.8 Å². The number of anilines is 1. The van der Waals surface area contributed by atoms with E-state index in [9.17, 15) is 0 Å². The first kappa shape index (κ1) is 12.0. The number of hydrazine groups is 1. The van der Waals surface area contributed by atoms with Gasteiger partial charge in [-0.05, 0) is 31.5 Å². The average molecular weight is 252 g/mol. The Morgan fingerprint density at radius 3 is 2.65 bits per heavy atom. The molecule has 0 aliphatic rings. The van der Waals surface area contributed by atoms with Gasteiger partial charge in [-0.3, -0.25) is 5.84 Å². The van der Waals surface area contributed by atoms with Crippen LogP contribution < -0.4 is 16.0 Å². The van der Waals surface area contributed by atoms with E-state index in [4.69, 9.17) is 22.2 Å². The van der Waals surface area contributed by atoms with Crippen LogP contribution in [-0.2, 0) is 0 Å². The second-order valence-electron chi connectivity index (χ2n) is 3.81. The summed E-state index contributed by atoms with van der Waals surface area (Å²) in [4.78, 5) is 4.51. The zero-order valence-electron chi connectivity index (χ0n) is 9.97. The van der Waals surface area contributed by atoms with E-state index in [2.05, 4.69) is 10.4 Å². The Morgan fingerprint density at radius 2 is 2.06 bits per heavy atom. The molecule has 0 saturated carbocycles. The van der Waals surface area contributed by atoms with Gasteiger partial charge in [0.1, 0.15) is 11.3 Å². The largest absolute Gasteiger partial charge is 0.494 e. The van der Waals surface area contributed by atoms with Gasteiger partial charge in [0.05, 0.1) is 17.8 Å². The van der Waals surface area contributed by atoms with Crippen molar-refractivity contribution in [3.8, 4) is 5.75 Å². The van der Waals surface area contributed by atoms with Crippen molar-refractivity contribution in [3.63, 3.8) is 0 Å². The molecule has 0 bridgehead atoms. The summed E-state index contributed by atoms with van der Waals surface area (Å²) in [6.07, 6.45) is 0. The van der Waals surface area contributed by atoms with Crippen molar-refractivity contribution >= 4 is 28.2 Å². The predicted octanol–water partition coefficient (Wildman–Crippen LogP) is 2.80. The third-order valence-corrected chi connectivity index (χ3v) is 3.22. The number of aromatic nitrogens is 1. The van der Waals surface area contributed by atoms with Gasteiger partial charge < -0.3 is 10.2 Å². The van der Waals surface area contributed by atoms with E-state index in [1.807, 2.05) is 13.8 Å². The number of nitrogen functional groups attached to an aromatic ring is 1. The monoisotopic (exact) mass is 251 g/mol. The minimum Gasteiger partial charge on any atom is -0.494 e. The van der Waals surface area contributed by atoms with Gasteiger partial charge in [0, 0.05) is 11.1 Å². The molecule has 1 heterocycles. The van der Waals surface area contributed by atoms with E-state index in [1.54, 1.807) is 19.2 Å². The number of nitrogens with one attached hydrogen (secondary N) is 1. The summed E-state index contributed by atoms with van der Waals surface area (Å²) in [5.41, 5.74) is 6.07. The van der Waals surface area contributed by atoms with Crippen LogP contribution in [0.1, 0.15) is 11.3 Å². The standard InChI is InChI=1S/C12H14ClN3O/c1-6-7(2)15-12-9(17-3)5-4-8(13)10(12)11(6)16-14/h4-5H,14H2,1-3H3,(H,15,16). The van der Waals surface area contributed by atoms with Crippen LogP contribution in [0.25, 0.3) is 10.9 Å². The Bertz CT molecular complexity index is 584. The summed E-state index contributed by atoms with van der Waals surface area (Å²) < 4.78 is 5.29. The third kappa shape index (κ3) is 1.79. The number of nitrogens with zero attached hydrogens (tertiary/aromatic N) is 1. The maximum absolute atomic E-state index is 6.20. The summed E-state index contributed by atoms with van der Waals surface area (Å²) in [6, 6.07) is 3.58. The van der Waals surface area contributed by atoms with E-state index in [0.29, 0.717) is 10.8 Å². The maximum Gasteiger partial charge on any atom is 0.145 e. The van der Waals surface area contributed by atoms with Crippen LogP contribution in [0.2, 0.25) is 5.02 Å². The molecule has 0 aliphatic carbocycles. The number of halogens is 1. The summed E-state index contributed by atoms with van der Waals surface area (Å²) in [5, 5.41) is 1.39. The van der Waals surface area contributed by atoms with Crippen molar-refractivity contribution in [1.29, 1.82) is 0 Å². The molecule has 0 fully saturated rings. The van der Waals surface area contributed by atoms with Crippen molar-refractivity contribution in [1.82, 2.24) is 4.98 Å². The Kier molecular flexibility index (Phi) is 3.09. The lowest BCUT2D eigenvalue weighted by Crippen LogP contribution is -2.10. The Hall–Kier alpha value is -1.52. The van der Waals surface area contributed by atoms with Crippen LogP contribution >= 0.6 is 11.6 Å². The van der Waals surface area contributed by atoms with Gasteiger partial charge in [-0.15, -0.1) is 0 Å². The van der Waals surface area contributed by atoms with Crippen LogP contribution in [0, 0.1) is 13.8 Å². The molecule has 5 heteroatoms. The quantitative estimate of drug-likeness (QED) is 0.637. The SMILES string of the molecule is COc1ccc(Cl)c2c(NN)c(C)c(C)nc12. The highest BCUT2D eigenvalue weighted by Crippen LogP contribution is 2.37. The number of ether oxygens (including phenoxy) is 1. The average Bonchev–Trinajstić information content (AvgIpc) is 2.32. The van der Waals surface area contributed by atoms with Crippen LogP contribution in [0.4, 0.5) is 5.69 Å². The number of hydrogen-bond donors (Lipinski definition) is 2. The smallest absolute Gasteiger partial charge is 0.145 e. The first-order chi connectivity index (χ1) is 8.10. The van der Waals surface area contributed by atoms with Crippen molar-refractivity contribution in [3.05, 3.63) is 28.4 Å². The summed E-state index contributed by atoms with van der Waals surface area (Å²) >= 11 is 6.20. The lowest BCUT2D eigenvalue weighted by molar-refractivity contribution is 0.419. The third-order valence-electron chi connectivity index (χ3n) is 2.90. The molecule has 0 spiro atoms. The molecule has 4 nitrogen and oxygen atoms in total. The fourth-order valence-corrected chi connectivity index (χ4v) is 2.11. The molecule has 0 radical (unpaired) electrons.